The third kappa shape index (κ3) is 2.90. The lowest BCUT2D eigenvalue weighted by atomic mass is 9.29. The van der Waals surface area contributed by atoms with E-state index in [1.807, 2.05) is 0 Å². The first-order valence-electron chi connectivity index (χ1n) is 14.1. The lowest BCUT2D eigenvalue weighted by Crippen LogP contribution is -2.71. The molecule has 5 aliphatic rings. The first kappa shape index (κ1) is 25.3. The van der Waals surface area contributed by atoms with Gasteiger partial charge in [-0.25, -0.2) is 0 Å². The average Bonchev–Trinajstić information content (AvgIpc) is 2.76. The Hall–Kier alpha value is -1.39. The normalized spacial score (nSPS) is 52.9. The fraction of sp³-hybridized carbons (Fsp3) is 0.900. The van der Waals surface area contributed by atoms with Crippen molar-refractivity contribution in [2.45, 2.75) is 112 Å². The summed E-state index contributed by atoms with van der Waals surface area (Å²) < 4.78 is 0. The minimum absolute atomic E-state index is 0.0108. The van der Waals surface area contributed by atoms with Gasteiger partial charge in [0.2, 0.25) is 0 Å². The van der Waals surface area contributed by atoms with Crippen molar-refractivity contribution in [1.82, 2.24) is 0 Å². The summed E-state index contributed by atoms with van der Waals surface area (Å²) in [5.74, 6) is -0.754. The Kier molecular flexibility index (Phi) is 5.30. The van der Waals surface area contributed by atoms with Crippen LogP contribution in [0.4, 0.5) is 0 Å². The molecule has 0 amide bonds. The number of hydrogen-bond donors (Lipinski definition) is 2. The zero-order chi connectivity index (χ0) is 25.8. The molecule has 2 N–H and O–H groups in total. The van der Waals surface area contributed by atoms with Gasteiger partial charge in [0.25, 0.3) is 0 Å². The Labute approximate surface area is 210 Å². The topological polar surface area (TPSA) is 91.7 Å². The van der Waals surface area contributed by atoms with Gasteiger partial charge in [0, 0.05) is 12.3 Å². The Bertz CT molecular complexity index is 970. The molecule has 0 saturated heterocycles. The van der Waals surface area contributed by atoms with E-state index >= 15 is 0 Å². The van der Waals surface area contributed by atoms with Crippen LogP contribution >= 0.6 is 0 Å². The van der Waals surface area contributed by atoms with Crippen molar-refractivity contribution in [1.29, 1.82) is 0 Å². The zero-order valence-corrected chi connectivity index (χ0v) is 22.7. The van der Waals surface area contributed by atoms with Crippen LogP contribution in [0.25, 0.3) is 0 Å². The van der Waals surface area contributed by atoms with Gasteiger partial charge in [-0.3, -0.25) is 14.4 Å². The van der Waals surface area contributed by atoms with Crippen LogP contribution in [0.5, 0.6) is 0 Å². The summed E-state index contributed by atoms with van der Waals surface area (Å²) in [4.78, 5) is 39.1. The number of Topliss-reactive ketones (excluding diaryl/α,β-unsaturated/α-hetero) is 1. The molecule has 9 unspecified atom stereocenters. The van der Waals surface area contributed by atoms with Crippen LogP contribution in [0, 0.1) is 56.2 Å². The van der Waals surface area contributed by atoms with E-state index in [1.54, 1.807) is 0 Å². The second-order valence-electron chi connectivity index (χ2n) is 15.0. The maximum atomic E-state index is 13.5. The molecule has 5 aliphatic carbocycles. The Balaban J connectivity index is 1.64. The van der Waals surface area contributed by atoms with E-state index in [-0.39, 0.29) is 34.0 Å². The number of carboxylic acid groups (broad SMARTS) is 2. The van der Waals surface area contributed by atoms with E-state index in [0.29, 0.717) is 50.2 Å². The maximum Gasteiger partial charge on any atom is 0.310 e. The number of hydrogen-bond acceptors (Lipinski definition) is 3. The number of aliphatic carboxylic acids is 2. The first-order chi connectivity index (χ1) is 16.1. The number of ketones is 1. The van der Waals surface area contributed by atoms with Gasteiger partial charge < -0.3 is 10.2 Å². The third-order valence-electron chi connectivity index (χ3n) is 13.5. The lowest BCUT2D eigenvalue weighted by Gasteiger charge is -2.73. The van der Waals surface area contributed by atoms with Crippen molar-refractivity contribution >= 4 is 17.7 Å². The quantitative estimate of drug-likeness (QED) is 0.459. The van der Waals surface area contributed by atoms with Crippen LogP contribution in [0.1, 0.15) is 112 Å². The minimum atomic E-state index is -1.00. The van der Waals surface area contributed by atoms with Crippen molar-refractivity contribution in [2.24, 2.45) is 56.2 Å². The molecule has 0 aromatic heterocycles. The van der Waals surface area contributed by atoms with Gasteiger partial charge in [-0.1, -0.05) is 41.5 Å². The summed E-state index contributed by atoms with van der Waals surface area (Å²) in [7, 11) is 0. The van der Waals surface area contributed by atoms with E-state index in [9.17, 15) is 24.6 Å². The highest BCUT2D eigenvalue weighted by Gasteiger charge is 2.76. The van der Waals surface area contributed by atoms with Crippen molar-refractivity contribution in [3.05, 3.63) is 0 Å². The fourth-order valence-electron chi connectivity index (χ4n) is 11.3. The number of carbonyl (C=O) groups is 3. The van der Waals surface area contributed by atoms with Crippen LogP contribution in [0.2, 0.25) is 0 Å². The summed E-state index contributed by atoms with van der Waals surface area (Å²) in [6.45, 7) is 13.5. The molecule has 9 atom stereocenters. The van der Waals surface area contributed by atoms with E-state index in [0.717, 1.165) is 32.1 Å². The molecule has 196 valence electrons. The van der Waals surface area contributed by atoms with Gasteiger partial charge in [0.05, 0.1) is 10.8 Å². The highest BCUT2D eigenvalue weighted by Crippen LogP contribution is 2.78. The largest absolute Gasteiger partial charge is 0.481 e. The molecule has 5 saturated carbocycles. The maximum absolute atomic E-state index is 13.5. The molecule has 0 bridgehead atoms. The van der Waals surface area contributed by atoms with Gasteiger partial charge in [0.15, 0.2) is 0 Å². The second kappa shape index (κ2) is 7.34. The van der Waals surface area contributed by atoms with E-state index in [1.165, 1.54) is 0 Å². The third-order valence-corrected chi connectivity index (χ3v) is 13.5. The Morgan fingerprint density at radius 1 is 0.743 bits per heavy atom. The van der Waals surface area contributed by atoms with Crippen molar-refractivity contribution in [3.63, 3.8) is 0 Å². The van der Waals surface area contributed by atoms with Gasteiger partial charge in [0.1, 0.15) is 5.78 Å². The van der Waals surface area contributed by atoms with Crippen molar-refractivity contribution in [2.75, 3.05) is 0 Å². The standard InChI is InChI=1S/C30H46O5/c1-18-19(31)7-8-20-26(18,4)10-9-21-27(20,5)12-16-30(24(34)35)22-17-25(2,3)11-14-29(22,23(32)33)15-13-28(21,30)6/h18,20-22H,7-17H2,1-6H3,(H,32,33)(H,34,35). The van der Waals surface area contributed by atoms with E-state index < -0.39 is 28.2 Å². The van der Waals surface area contributed by atoms with Crippen LogP contribution in [-0.4, -0.2) is 27.9 Å². The van der Waals surface area contributed by atoms with Crippen LogP contribution in [0.3, 0.4) is 0 Å². The summed E-state index contributed by atoms with van der Waals surface area (Å²) in [6, 6.07) is 0. The van der Waals surface area contributed by atoms with Gasteiger partial charge in [-0.2, -0.15) is 0 Å². The summed E-state index contributed by atoms with van der Waals surface area (Å²) >= 11 is 0. The highest BCUT2D eigenvalue weighted by molar-refractivity contribution is 5.83. The molecular weight excluding hydrogens is 440 g/mol. The summed E-state index contributed by atoms with van der Waals surface area (Å²) in [5, 5.41) is 21.7. The van der Waals surface area contributed by atoms with Crippen LogP contribution < -0.4 is 0 Å². The van der Waals surface area contributed by atoms with Gasteiger partial charge in [-0.05, 0) is 104 Å². The molecule has 5 heteroatoms. The molecule has 0 heterocycles. The predicted octanol–water partition coefficient (Wildman–Crippen LogP) is 6.59. The highest BCUT2D eigenvalue weighted by atomic mass is 16.4. The number of rotatable bonds is 2. The van der Waals surface area contributed by atoms with E-state index in [4.69, 9.17) is 0 Å². The molecule has 5 rings (SSSR count). The molecule has 5 nitrogen and oxygen atoms in total. The lowest BCUT2D eigenvalue weighted by molar-refractivity contribution is -0.263. The van der Waals surface area contributed by atoms with Crippen molar-refractivity contribution < 1.29 is 24.6 Å². The fourth-order valence-corrected chi connectivity index (χ4v) is 11.3. The predicted molar refractivity (Wildman–Crippen MR) is 134 cm³/mol. The monoisotopic (exact) mass is 486 g/mol. The summed E-state index contributed by atoms with van der Waals surface area (Å²) in [6.07, 6.45) is 8.25. The molecule has 0 spiro atoms. The smallest absolute Gasteiger partial charge is 0.310 e. The van der Waals surface area contributed by atoms with E-state index in [2.05, 4.69) is 41.5 Å². The molecule has 0 aromatic carbocycles. The average molecular weight is 487 g/mol. The van der Waals surface area contributed by atoms with Crippen molar-refractivity contribution in [3.8, 4) is 0 Å². The second-order valence-corrected chi connectivity index (χ2v) is 15.0. The number of carbonyl (C=O) groups excluding carboxylic acids is 1. The zero-order valence-electron chi connectivity index (χ0n) is 22.7. The Morgan fingerprint density at radius 2 is 1.40 bits per heavy atom. The first-order valence-corrected chi connectivity index (χ1v) is 14.1. The molecule has 0 aliphatic heterocycles. The minimum Gasteiger partial charge on any atom is -0.481 e. The molecule has 35 heavy (non-hydrogen) atoms. The molecule has 0 radical (unpaired) electrons. The number of fused-ring (bicyclic) bond motifs is 7. The van der Waals surface area contributed by atoms with Gasteiger partial charge >= 0.3 is 11.9 Å². The number of carboxylic acids is 2. The molecule has 0 aromatic rings. The SMILES string of the molecule is CC1C(=O)CCC2C1(C)CCC1C2(C)CCC2(C(=O)O)C3CC(C)(C)CCC3(C(=O)O)CCC12C. The van der Waals surface area contributed by atoms with Crippen LogP contribution in [0.15, 0.2) is 0 Å². The van der Waals surface area contributed by atoms with Gasteiger partial charge in [-0.15, -0.1) is 0 Å². The Morgan fingerprint density at radius 3 is 2.03 bits per heavy atom. The summed E-state index contributed by atoms with van der Waals surface area (Å²) in [5.41, 5.74) is -2.44. The molecule has 5 fully saturated rings. The van der Waals surface area contributed by atoms with Crippen LogP contribution in [-0.2, 0) is 14.4 Å². The molecular formula is C30H46O5.